The van der Waals surface area contributed by atoms with Crippen molar-refractivity contribution in [3.63, 3.8) is 0 Å². The Morgan fingerprint density at radius 3 is 2.35 bits per heavy atom. The summed E-state index contributed by atoms with van der Waals surface area (Å²) in [5.74, 6) is -1.21. The van der Waals surface area contributed by atoms with Crippen LogP contribution in [0.4, 0.5) is 21.5 Å². The average molecular weight is 455 g/mol. The van der Waals surface area contributed by atoms with E-state index < -0.39 is 11.7 Å². The number of benzene rings is 3. The number of halogens is 1. The minimum atomic E-state index is -0.717. The standard InChI is InChI=1S/C26H22FN5O2/c1-16-4-2-6-18(10-16)25(33)31-20-8-9-23(27)22(13-20)26(34)32-21-14-29-24(30-15-21)12-17-5-3-7-19(28)11-17/h2-11,13-15H,12,28H2,1H3,(H,31,33)(H,32,34). The molecule has 0 saturated heterocycles. The van der Waals surface area contributed by atoms with Gasteiger partial charge in [0.25, 0.3) is 11.8 Å². The maximum atomic E-state index is 14.4. The molecule has 4 aromatic rings. The summed E-state index contributed by atoms with van der Waals surface area (Å²) in [6, 6.07) is 18.3. The lowest BCUT2D eigenvalue weighted by atomic mass is 10.1. The highest BCUT2D eigenvalue weighted by atomic mass is 19.1. The monoisotopic (exact) mass is 455 g/mol. The van der Waals surface area contributed by atoms with E-state index in [1.54, 1.807) is 24.3 Å². The van der Waals surface area contributed by atoms with Crippen LogP contribution >= 0.6 is 0 Å². The molecule has 0 radical (unpaired) electrons. The van der Waals surface area contributed by atoms with Gasteiger partial charge in [-0.15, -0.1) is 0 Å². The van der Waals surface area contributed by atoms with Crippen LogP contribution in [-0.2, 0) is 6.42 Å². The molecule has 0 aliphatic carbocycles. The lowest BCUT2D eigenvalue weighted by Gasteiger charge is -2.10. The van der Waals surface area contributed by atoms with Crippen molar-refractivity contribution in [2.24, 2.45) is 0 Å². The molecule has 3 aromatic carbocycles. The van der Waals surface area contributed by atoms with E-state index in [-0.39, 0.29) is 11.5 Å². The zero-order valence-electron chi connectivity index (χ0n) is 18.4. The third-order valence-corrected chi connectivity index (χ3v) is 5.03. The normalized spacial score (nSPS) is 10.5. The molecule has 0 aliphatic heterocycles. The summed E-state index contributed by atoms with van der Waals surface area (Å²) in [6.07, 6.45) is 3.39. The molecule has 1 aromatic heterocycles. The Balaban J connectivity index is 1.44. The van der Waals surface area contributed by atoms with Gasteiger partial charge in [-0.3, -0.25) is 9.59 Å². The first kappa shape index (κ1) is 22.6. The van der Waals surface area contributed by atoms with Gasteiger partial charge in [0, 0.05) is 23.4 Å². The van der Waals surface area contributed by atoms with Crippen LogP contribution in [0.25, 0.3) is 0 Å². The highest BCUT2D eigenvalue weighted by Gasteiger charge is 2.15. The number of carbonyl (C=O) groups is 2. The quantitative estimate of drug-likeness (QED) is 0.368. The molecule has 0 bridgehead atoms. The number of nitrogen functional groups attached to an aromatic ring is 1. The first-order valence-electron chi connectivity index (χ1n) is 10.5. The van der Waals surface area contributed by atoms with Crippen molar-refractivity contribution in [2.45, 2.75) is 13.3 Å². The lowest BCUT2D eigenvalue weighted by Crippen LogP contribution is -2.16. The molecule has 34 heavy (non-hydrogen) atoms. The Kier molecular flexibility index (Phi) is 6.59. The van der Waals surface area contributed by atoms with Crippen LogP contribution in [0, 0.1) is 12.7 Å². The van der Waals surface area contributed by atoms with Crippen LogP contribution in [-0.4, -0.2) is 21.8 Å². The summed E-state index contributed by atoms with van der Waals surface area (Å²) in [5.41, 5.74) is 9.20. The van der Waals surface area contributed by atoms with E-state index in [9.17, 15) is 14.0 Å². The first-order chi connectivity index (χ1) is 16.4. The van der Waals surface area contributed by atoms with Gasteiger partial charge in [0.2, 0.25) is 0 Å². The van der Waals surface area contributed by atoms with E-state index in [0.29, 0.717) is 34.9 Å². The van der Waals surface area contributed by atoms with Crippen molar-refractivity contribution in [3.05, 3.63) is 113 Å². The number of nitrogens with zero attached hydrogens (tertiary/aromatic N) is 2. The second-order valence-corrected chi connectivity index (χ2v) is 7.78. The van der Waals surface area contributed by atoms with Crippen molar-refractivity contribution in [1.82, 2.24) is 9.97 Å². The molecule has 1 heterocycles. The summed E-state index contributed by atoms with van der Waals surface area (Å²) < 4.78 is 14.4. The number of aromatic nitrogens is 2. The zero-order chi connectivity index (χ0) is 24.1. The fourth-order valence-electron chi connectivity index (χ4n) is 3.36. The highest BCUT2D eigenvalue weighted by Crippen LogP contribution is 2.18. The minimum Gasteiger partial charge on any atom is -0.399 e. The predicted molar refractivity (Wildman–Crippen MR) is 129 cm³/mol. The van der Waals surface area contributed by atoms with Crippen molar-refractivity contribution in [1.29, 1.82) is 0 Å². The second kappa shape index (κ2) is 9.91. The van der Waals surface area contributed by atoms with Gasteiger partial charge in [0.1, 0.15) is 11.6 Å². The zero-order valence-corrected chi connectivity index (χ0v) is 18.4. The summed E-state index contributed by atoms with van der Waals surface area (Å²) in [6.45, 7) is 1.88. The number of amides is 2. The highest BCUT2D eigenvalue weighted by molar-refractivity contribution is 6.07. The molecule has 0 fully saturated rings. The molecule has 0 atom stereocenters. The van der Waals surface area contributed by atoms with Gasteiger partial charge in [-0.1, -0.05) is 29.8 Å². The predicted octanol–water partition coefficient (Wildman–Crippen LogP) is 4.60. The molecule has 0 saturated carbocycles. The maximum Gasteiger partial charge on any atom is 0.258 e. The maximum absolute atomic E-state index is 14.4. The molecule has 0 spiro atoms. The Morgan fingerprint density at radius 2 is 1.62 bits per heavy atom. The van der Waals surface area contributed by atoms with E-state index in [2.05, 4.69) is 20.6 Å². The van der Waals surface area contributed by atoms with Gasteiger partial charge < -0.3 is 16.4 Å². The third-order valence-electron chi connectivity index (χ3n) is 5.03. The minimum absolute atomic E-state index is 0.217. The molecule has 170 valence electrons. The summed E-state index contributed by atoms with van der Waals surface area (Å²) >= 11 is 0. The largest absolute Gasteiger partial charge is 0.399 e. The molecule has 0 aliphatic rings. The first-order valence-corrected chi connectivity index (χ1v) is 10.5. The number of anilines is 3. The van der Waals surface area contributed by atoms with E-state index in [1.807, 2.05) is 31.2 Å². The van der Waals surface area contributed by atoms with Gasteiger partial charge >= 0.3 is 0 Å². The van der Waals surface area contributed by atoms with E-state index in [4.69, 9.17) is 5.73 Å². The number of hydrogen-bond donors (Lipinski definition) is 3. The van der Waals surface area contributed by atoms with Gasteiger partial charge in [-0.05, 0) is 55.0 Å². The summed E-state index contributed by atoms with van der Waals surface area (Å²) in [7, 11) is 0. The van der Waals surface area contributed by atoms with E-state index in [0.717, 1.165) is 17.2 Å². The molecule has 2 amide bonds. The van der Waals surface area contributed by atoms with E-state index >= 15 is 0 Å². The fraction of sp³-hybridized carbons (Fsp3) is 0.0769. The summed E-state index contributed by atoms with van der Waals surface area (Å²) in [5, 5.41) is 5.27. The number of rotatable bonds is 6. The Bertz CT molecular complexity index is 1360. The smallest absolute Gasteiger partial charge is 0.258 e. The van der Waals surface area contributed by atoms with Gasteiger partial charge in [-0.25, -0.2) is 14.4 Å². The van der Waals surface area contributed by atoms with Gasteiger partial charge in [-0.2, -0.15) is 0 Å². The number of hydrogen-bond acceptors (Lipinski definition) is 5. The molecular weight excluding hydrogens is 433 g/mol. The molecule has 8 heteroatoms. The lowest BCUT2D eigenvalue weighted by molar-refractivity contribution is 0.101. The molecule has 0 unspecified atom stereocenters. The Labute approximate surface area is 195 Å². The number of carbonyl (C=O) groups excluding carboxylic acids is 2. The van der Waals surface area contributed by atoms with Crippen LogP contribution in [0.15, 0.2) is 79.1 Å². The van der Waals surface area contributed by atoms with Crippen LogP contribution in [0.1, 0.15) is 37.7 Å². The fourth-order valence-corrected chi connectivity index (χ4v) is 3.36. The van der Waals surface area contributed by atoms with Crippen LogP contribution in [0.3, 0.4) is 0 Å². The Morgan fingerprint density at radius 1 is 0.882 bits per heavy atom. The van der Waals surface area contributed by atoms with Gasteiger partial charge in [0.15, 0.2) is 0 Å². The molecule has 4 N–H and O–H groups in total. The average Bonchev–Trinajstić information content (AvgIpc) is 2.81. The topological polar surface area (TPSA) is 110 Å². The number of nitrogens with one attached hydrogen (secondary N) is 2. The van der Waals surface area contributed by atoms with Crippen LogP contribution < -0.4 is 16.4 Å². The van der Waals surface area contributed by atoms with Crippen LogP contribution in [0.2, 0.25) is 0 Å². The van der Waals surface area contributed by atoms with Crippen molar-refractivity contribution >= 4 is 28.9 Å². The summed E-state index contributed by atoms with van der Waals surface area (Å²) in [4.78, 5) is 33.6. The third kappa shape index (κ3) is 5.60. The second-order valence-electron chi connectivity index (χ2n) is 7.78. The Hall–Kier alpha value is -4.59. The molecule has 7 nitrogen and oxygen atoms in total. The number of nitrogens with two attached hydrogens (primary N) is 1. The van der Waals surface area contributed by atoms with E-state index in [1.165, 1.54) is 24.5 Å². The van der Waals surface area contributed by atoms with Crippen LogP contribution in [0.5, 0.6) is 0 Å². The van der Waals surface area contributed by atoms with Crippen molar-refractivity contribution in [2.75, 3.05) is 16.4 Å². The molecular formula is C26H22FN5O2. The SMILES string of the molecule is Cc1cccc(C(=O)Nc2ccc(F)c(C(=O)Nc3cnc(Cc4cccc(N)c4)nc3)c2)c1. The van der Waals surface area contributed by atoms with Crippen molar-refractivity contribution in [3.8, 4) is 0 Å². The number of aryl methyl sites for hydroxylation is 1. The van der Waals surface area contributed by atoms with Gasteiger partial charge in [0.05, 0.1) is 23.6 Å². The molecule has 4 rings (SSSR count). The van der Waals surface area contributed by atoms with Crippen molar-refractivity contribution < 1.29 is 14.0 Å².